The van der Waals surface area contributed by atoms with Crippen LogP contribution in [0.5, 0.6) is 0 Å². The summed E-state index contributed by atoms with van der Waals surface area (Å²) in [5.74, 6) is -1.59. The molecule has 0 aromatic heterocycles. The van der Waals surface area contributed by atoms with Crippen LogP contribution >= 0.6 is 11.6 Å². The maximum Gasteiger partial charge on any atom is 0.405 e. The van der Waals surface area contributed by atoms with Crippen molar-refractivity contribution in [1.82, 2.24) is 5.32 Å². The zero-order valence-electron chi connectivity index (χ0n) is 12.1. The molecule has 1 aromatic rings. The Kier molecular flexibility index (Phi) is 5.19. The van der Waals surface area contributed by atoms with E-state index in [1.165, 1.54) is 0 Å². The van der Waals surface area contributed by atoms with Gasteiger partial charge in [-0.3, -0.25) is 9.59 Å². The molecule has 8 heteroatoms. The van der Waals surface area contributed by atoms with Gasteiger partial charge in [-0.25, -0.2) is 0 Å². The molecule has 0 unspecified atom stereocenters. The minimum absolute atomic E-state index is 0.531. The van der Waals surface area contributed by atoms with Crippen LogP contribution in [0.2, 0.25) is 5.02 Å². The number of benzene rings is 1. The van der Waals surface area contributed by atoms with Crippen LogP contribution in [0.15, 0.2) is 24.3 Å². The lowest BCUT2D eigenvalue weighted by Gasteiger charge is -2.39. The van der Waals surface area contributed by atoms with E-state index in [9.17, 15) is 22.8 Å². The van der Waals surface area contributed by atoms with Gasteiger partial charge in [-0.1, -0.05) is 30.2 Å². The molecule has 1 fully saturated rings. The third-order valence-corrected chi connectivity index (χ3v) is 4.07. The van der Waals surface area contributed by atoms with Crippen molar-refractivity contribution in [3.05, 3.63) is 34.9 Å². The highest BCUT2D eigenvalue weighted by atomic mass is 35.5. The summed E-state index contributed by atoms with van der Waals surface area (Å²) < 4.78 is 40.9. The molecule has 1 N–H and O–H groups in total. The third-order valence-electron chi connectivity index (χ3n) is 3.82. The molecule has 1 saturated carbocycles. The third kappa shape index (κ3) is 4.37. The minimum atomic E-state index is -4.50. The van der Waals surface area contributed by atoms with Crippen LogP contribution in [-0.2, 0) is 19.7 Å². The Bertz CT molecular complexity index is 583. The van der Waals surface area contributed by atoms with Gasteiger partial charge < -0.3 is 10.1 Å². The van der Waals surface area contributed by atoms with Gasteiger partial charge in [0.1, 0.15) is 6.54 Å². The first-order chi connectivity index (χ1) is 10.7. The van der Waals surface area contributed by atoms with Crippen molar-refractivity contribution in [2.24, 2.45) is 0 Å². The molecule has 23 heavy (non-hydrogen) atoms. The number of nitrogens with one attached hydrogen (secondary N) is 1. The zero-order valence-corrected chi connectivity index (χ0v) is 12.8. The maximum atomic E-state index is 12.3. The lowest BCUT2D eigenvalue weighted by molar-refractivity contribution is -0.159. The summed E-state index contributed by atoms with van der Waals surface area (Å²) in [4.78, 5) is 23.6. The van der Waals surface area contributed by atoms with Crippen LogP contribution in [0, 0.1) is 0 Å². The first kappa shape index (κ1) is 17.6. The van der Waals surface area contributed by atoms with E-state index in [0.717, 1.165) is 12.0 Å². The summed E-state index contributed by atoms with van der Waals surface area (Å²) in [5.41, 5.74) is -0.108. The van der Waals surface area contributed by atoms with Gasteiger partial charge in [-0.05, 0) is 30.5 Å². The normalized spacial score (nSPS) is 16.3. The number of carbonyl (C=O) groups is 2. The molecule has 0 heterocycles. The average Bonchev–Trinajstić information content (AvgIpc) is 2.43. The lowest BCUT2D eigenvalue weighted by Crippen LogP contribution is -2.45. The summed E-state index contributed by atoms with van der Waals surface area (Å²) in [6, 6.07) is 6.74. The number of esters is 1. The van der Waals surface area contributed by atoms with Crippen molar-refractivity contribution < 1.29 is 27.5 Å². The fourth-order valence-corrected chi connectivity index (χ4v) is 2.55. The maximum absolute atomic E-state index is 12.3. The Morgan fingerprint density at radius 1 is 1.22 bits per heavy atom. The highest BCUT2D eigenvalue weighted by Crippen LogP contribution is 2.45. The molecule has 0 bridgehead atoms. The average molecular weight is 350 g/mol. The number of hydrogen-bond donors (Lipinski definition) is 1. The predicted octanol–water partition coefficient (Wildman–Crippen LogP) is 2.98. The number of hydrogen-bond acceptors (Lipinski definition) is 3. The van der Waals surface area contributed by atoms with Gasteiger partial charge in [0.2, 0.25) is 0 Å². The van der Waals surface area contributed by atoms with Crippen LogP contribution < -0.4 is 5.32 Å². The highest BCUT2D eigenvalue weighted by Gasteiger charge is 2.47. The minimum Gasteiger partial charge on any atom is -0.455 e. The summed E-state index contributed by atoms with van der Waals surface area (Å²) in [6.45, 7) is -2.18. The summed E-state index contributed by atoms with van der Waals surface area (Å²) in [6.07, 6.45) is -2.54. The van der Waals surface area contributed by atoms with Gasteiger partial charge in [0.15, 0.2) is 6.61 Å². The molecule has 1 aromatic carbocycles. The number of carbonyl (C=O) groups excluding carboxylic acids is 2. The Balaban J connectivity index is 1.93. The van der Waals surface area contributed by atoms with Crippen molar-refractivity contribution in [2.75, 3.05) is 13.2 Å². The van der Waals surface area contributed by atoms with E-state index in [-0.39, 0.29) is 0 Å². The Labute approximate surface area is 135 Å². The quantitative estimate of drug-likeness (QED) is 0.831. The molecule has 1 aliphatic carbocycles. The SMILES string of the molecule is O=C(COC(=O)C1(c2ccc(Cl)cc2)CCC1)NCC(F)(F)F. The van der Waals surface area contributed by atoms with Crippen LogP contribution in [0.1, 0.15) is 24.8 Å². The standard InChI is InChI=1S/C15H15ClF3NO3/c16-11-4-2-10(3-5-11)14(6-1-7-14)13(22)23-8-12(21)20-9-15(17,18)19/h2-5H,1,6-9H2,(H,20,21). The predicted molar refractivity (Wildman–Crippen MR) is 77.0 cm³/mol. The van der Waals surface area contributed by atoms with E-state index in [4.69, 9.17) is 16.3 Å². The van der Waals surface area contributed by atoms with Gasteiger partial charge in [-0.2, -0.15) is 13.2 Å². The molecule has 0 aliphatic heterocycles. The molecule has 126 valence electrons. The summed E-state index contributed by atoms with van der Waals surface area (Å²) >= 11 is 5.82. The van der Waals surface area contributed by atoms with Crippen molar-refractivity contribution in [3.8, 4) is 0 Å². The molecule has 0 atom stereocenters. The van der Waals surface area contributed by atoms with Gasteiger partial charge >= 0.3 is 12.1 Å². The fraction of sp³-hybridized carbons (Fsp3) is 0.467. The molecule has 0 radical (unpaired) electrons. The second-order valence-electron chi connectivity index (χ2n) is 5.41. The van der Waals surface area contributed by atoms with Gasteiger partial charge in [0, 0.05) is 5.02 Å². The monoisotopic (exact) mass is 349 g/mol. The fourth-order valence-electron chi connectivity index (χ4n) is 2.43. The molecular formula is C15H15ClF3NO3. The highest BCUT2D eigenvalue weighted by molar-refractivity contribution is 6.30. The van der Waals surface area contributed by atoms with Crippen LogP contribution in [0.3, 0.4) is 0 Å². The van der Waals surface area contributed by atoms with E-state index in [0.29, 0.717) is 17.9 Å². The van der Waals surface area contributed by atoms with Crippen LogP contribution in [0.25, 0.3) is 0 Å². The van der Waals surface area contributed by atoms with Crippen molar-refractivity contribution >= 4 is 23.5 Å². The van der Waals surface area contributed by atoms with E-state index in [1.807, 2.05) is 0 Å². The smallest absolute Gasteiger partial charge is 0.405 e. The van der Waals surface area contributed by atoms with E-state index < -0.39 is 36.6 Å². The molecule has 4 nitrogen and oxygen atoms in total. The first-order valence-corrected chi connectivity index (χ1v) is 7.37. The van der Waals surface area contributed by atoms with Crippen LogP contribution in [-0.4, -0.2) is 31.2 Å². The summed E-state index contributed by atoms with van der Waals surface area (Å²) in [5, 5.41) is 2.18. The molecule has 1 aliphatic rings. The summed E-state index contributed by atoms with van der Waals surface area (Å²) in [7, 11) is 0. The van der Waals surface area contributed by atoms with Crippen LogP contribution in [0.4, 0.5) is 13.2 Å². The Morgan fingerprint density at radius 2 is 1.83 bits per heavy atom. The number of amides is 1. The van der Waals surface area contributed by atoms with Crippen molar-refractivity contribution in [2.45, 2.75) is 30.9 Å². The molecule has 2 rings (SSSR count). The molecule has 0 saturated heterocycles. The molecular weight excluding hydrogens is 335 g/mol. The first-order valence-electron chi connectivity index (χ1n) is 7.00. The second kappa shape index (κ2) is 6.78. The molecule has 0 spiro atoms. The molecule has 1 amide bonds. The number of halogens is 4. The van der Waals surface area contributed by atoms with Crippen molar-refractivity contribution in [3.63, 3.8) is 0 Å². The van der Waals surface area contributed by atoms with Gasteiger partial charge in [-0.15, -0.1) is 0 Å². The number of rotatable bonds is 5. The van der Waals surface area contributed by atoms with E-state index in [1.54, 1.807) is 29.6 Å². The zero-order chi connectivity index (χ0) is 17.1. The number of alkyl halides is 3. The van der Waals surface area contributed by atoms with E-state index in [2.05, 4.69) is 0 Å². The van der Waals surface area contributed by atoms with Crippen molar-refractivity contribution in [1.29, 1.82) is 0 Å². The Morgan fingerprint density at radius 3 is 2.30 bits per heavy atom. The largest absolute Gasteiger partial charge is 0.455 e. The van der Waals surface area contributed by atoms with E-state index >= 15 is 0 Å². The Hall–Kier alpha value is -1.76. The lowest BCUT2D eigenvalue weighted by atomic mass is 9.64. The van der Waals surface area contributed by atoms with Gasteiger partial charge in [0.05, 0.1) is 5.41 Å². The second-order valence-corrected chi connectivity index (χ2v) is 5.85. The number of ether oxygens (including phenoxy) is 1. The topological polar surface area (TPSA) is 55.4 Å². The van der Waals surface area contributed by atoms with Gasteiger partial charge in [0.25, 0.3) is 5.91 Å².